The van der Waals surface area contributed by atoms with Gasteiger partial charge in [-0.05, 0) is 6.42 Å². The quantitative estimate of drug-likeness (QED) is 0.603. The number of rotatable bonds is 3. The number of carbonyl (C=O) groups excluding carboxylic acids is 1. The van der Waals surface area contributed by atoms with Gasteiger partial charge in [-0.3, -0.25) is 4.79 Å². The van der Waals surface area contributed by atoms with E-state index in [4.69, 9.17) is 0 Å². The van der Waals surface area contributed by atoms with Crippen LogP contribution in [0.25, 0.3) is 0 Å². The zero-order valence-electron chi connectivity index (χ0n) is 6.45. The molecule has 0 aliphatic rings. The number of ketones is 1. The van der Waals surface area contributed by atoms with Crippen molar-refractivity contribution in [3.8, 4) is 0 Å². The van der Waals surface area contributed by atoms with Crippen molar-refractivity contribution in [2.75, 3.05) is 0 Å². The molecule has 0 saturated heterocycles. The van der Waals surface area contributed by atoms with Crippen molar-refractivity contribution in [2.45, 2.75) is 33.1 Å². The molecular formula is C7H12F2O. The van der Waals surface area contributed by atoms with E-state index in [1.165, 1.54) is 6.92 Å². The van der Waals surface area contributed by atoms with Crippen LogP contribution >= 0.6 is 0 Å². The average molecular weight is 150 g/mol. The molecular weight excluding hydrogens is 138 g/mol. The smallest absolute Gasteiger partial charge is 0.293 e. The summed E-state index contributed by atoms with van der Waals surface area (Å²) in [4.78, 5) is 10.6. The van der Waals surface area contributed by atoms with Crippen molar-refractivity contribution in [1.29, 1.82) is 0 Å². The van der Waals surface area contributed by atoms with Gasteiger partial charge in [0.05, 0.1) is 0 Å². The van der Waals surface area contributed by atoms with E-state index in [9.17, 15) is 13.6 Å². The third kappa shape index (κ3) is 2.42. The summed E-state index contributed by atoms with van der Waals surface area (Å²) in [7, 11) is 0. The van der Waals surface area contributed by atoms with E-state index >= 15 is 0 Å². The van der Waals surface area contributed by atoms with Crippen molar-refractivity contribution < 1.29 is 13.6 Å². The third-order valence-electron chi connectivity index (χ3n) is 1.49. The molecule has 0 amide bonds. The van der Waals surface area contributed by atoms with Crippen LogP contribution in [-0.2, 0) is 4.79 Å². The van der Waals surface area contributed by atoms with Gasteiger partial charge in [0.2, 0.25) is 5.78 Å². The molecule has 0 N–H and O–H groups in total. The van der Waals surface area contributed by atoms with Gasteiger partial charge in [-0.2, -0.15) is 8.78 Å². The molecule has 0 rings (SSSR count). The van der Waals surface area contributed by atoms with Crippen LogP contribution in [0.15, 0.2) is 0 Å². The highest BCUT2D eigenvalue weighted by atomic mass is 19.3. The summed E-state index contributed by atoms with van der Waals surface area (Å²) in [5.74, 6) is -4.65. The first-order valence-corrected chi connectivity index (χ1v) is 3.31. The first-order valence-electron chi connectivity index (χ1n) is 3.31. The van der Waals surface area contributed by atoms with Gasteiger partial charge in [-0.1, -0.05) is 13.8 Å². The van der Waals surface area contributed by atoms with Crippen molar-refractivity contribution in [1.82, 2.24) is 0 Å². The largest absolute Gasteiger partial charge is 0.302 e. The molecule has 0 heterocycles. The molecule has 0 aliphatic heterocycles. The fourth-order valence-electron chi connectivity index (χ4n) is 0.618. The standard InChI is InChI=1S/C7H12F2O/c1-4-5(2)6(10)7(3,8)9/h5H,4H2,1-3H3. The number of carbonyl (C=O) groups is 1. The molecule has 1 nitrogen and oxygen atoms in total. The summed E-state index contributed by atoms with van der Waals surface area (Å²) in [5, 5.41) is 0. The van der Waals surface area contributed by atoms with Crippen molar-refractivity contribution >= 4 is 5.78 Å². The van der Waals surface area contributed by atoms with Gasteiger partial charge in [-0.15, -0.1) is 0 Å². The Labute approximate surface area is 59.4 Å². The second-order valence-corrected chi connectivity index (χ2v) is 2.56. The van der Waals surface area contributed by atoms with E-state index in [0.717, 1.165) is 0 Å². The summed E-state index contributed by atoms with van der Waals surface area (Å²) < 4.78 is 24.4. The van der Waals surface area contributed by atoms with Gasteiger partial charge >= 0.3 is 5.92 Å². The maximum atomic E-state index is 12.2. The van der Waals surface area contributed by atoms with Crippen LogP contribution in [0.5, 0.6) is 0 Å². The third-order valence-corrected chi connectivity index (χ3v) is 1.49. The normalized spacial score (nSPS) is 14.9. The lowest BCUT2D eigenvalue weighted by molar-refractivity contribution is -0.144. The lowest BCUT2D eigenvalue weighted by atomic mass is 10.00. The molecule has 1 unspecified atom stereocenters. The highest BCUT2D eigenvalue weighted by Crippen LogP contribution is 2.19. The van der Waals surface area contributed by atoms with E-state index in [1.54, 1.807) is 6.92 Å². The summed E-state index contributed by atoms with van der Waals surface area (Å²) in [5.41, 5.74) is 0. The van der Waals surface area contributed by atoms with E-state index < -0.39 is 17.6 Å². The first kappa shape index (κ1) is 9.53. The Bertz CT molecular complexity index is 126. The molecule has 0 aliphatic carbocycles. The first-order chi connectivity index (χ1) is 4.39. The fourth-order valence-corrected chi connectivity index (χ4v) is 0.618. The van der Waals surface area contributed by atoms with Gasteiger partial charge in [0, 0.05) is 12.8 Å². The molecule has 3 heteroatoms. The molecule has 60 valence electrons. The van der Waals surface area contributed by atoms with Gasteiger partial charge in [0.25, 0.3) is 0 Å². The number of hydrogen-bond donors (Lipinski definition) is 0. The number of halogens is 2. The Kier molecular flexibility index (Phi) is 2.94. The summed E-state index contributed by atoms with van der Waals surface area (Å²) in [6.45, 7) is 3.87. The summed E-state index contributed by atoms with van der Waals surface area (Å²) >= 11 is 0. The van der Waals surface area contributed by atoms with Crippen LogP contribution in [0, 0.1) is 5.92 Å². The SMILES string of the molecule is CCC(C)C(=O)C(C)(F)F. The molecule has 1 atom stereocenters. The van der Waals surface area contributed by atoms with Gasteiger partial charge < -0.3 is 0 Å². The Hall–Kier alpha value is -0.470. The molecule has 0 aromatic carbocycles. The highest BCUT2D eigenvalue weighted by molar-refractivity contribution is 5.86. The number of alkyl halides is 2. The Morgan fingerprint density at radius 2 is 2.00 bits per heavy atom. The van der Waals surface area contributed by atoms with Crippen LogP contribution in [-0.4, -0.2) is 11.7 Å². The van der Waals surface area contributed by atoms with Crippen LogP contribution in [0.4, 0.5) is 8.78 Å². The number of Topliss-reactive ketones (excluding diaryl/α,β-unsaturated/α-hetero) is 1. The van der Waals surface area contributed by atoms with Crippen LogP contribution in [0.1, 0.15) is 27.2 Å². The zero-order chi connectivity index (χ0) is 8.36. The summed E-state index contributed by atoms with van der Waals surface area (Å²) in [6.07, 6.45) is 0.474. The van der Waals surface area contributed by atoms with Crippen molar-refractivity contribution in [3.63, 3.8) is 0 Å². The molecule has 0 saturated carbocycles. The Balaban J connectivity index is 4.09. The molecule has 0 radical (unpaired) electrons. The molecule has 0 fully saturated rings. The summed E-state index contributed by atoms with van der Waals surface area (Å²) in [6, 6.07) is 0. The lowest BCUT2D eigenvalue weighted by Gasteiger charge is -2.12. The van der Waals surface area contributed by atoms with Crippen LogP contribution < -0.4 is 0 Å². The molecule has 0 aromatic rings. The van der Waals surface area contributed by atoms with E-state index in [1.807, 2.05) is 0 Å². The molecule has 0 bridgehead atoms. The monoisotopic (exact) mass is 150 g/mol. The minimum absolute atomic E-state index is 0.474. The predicted octanol–water partition coefficient (Wildman–Crippen LogP) is 2.26. The van der Waals surface area contributed by atoms with E-state index in [0.29, 0.717) is 13.3 Å². The van der Waals surface area contributed by atoms with Gasteiger partial charge in [0.15, 0.2) is 0 Å². The molecule has 10 heavy (non-hydrogen) atoms. The van der Waals surface area contributed by atoms with E-state index in [2.05, 4.69) is 0 Å². The van der Waals surface area contributed by atoms with Gasteiger partial charge in [-0.25, -0.2) is 0 Å². The van der Waals surface area contributed by atoms with Crippen molar-refractivity contribution in [3.05, 3.63) is 0 Å². The van der Waals surface area contributed by atoms with Gasteiger partial charge in [0.1, 0.15) is 0 Å². The number of hydrogen-bond acceptors (Lipinski definition) is 1. The topological polar surface area (TPSA) is 17.1 Å². The molecule has 0 spiro atoms. The van der Waals surface area contributed by atoms with Crippen LogP contribution in [0.2, 0.25) is 0 Å². The minimum Gasteiger partial charge on any atom is -0.293 e. The van der Waals surface area contributed by atoms with Crippen LogP contribution in [0.3, 0.4) is 0 Å². The predicted molar refractivity (Wildman–Crippen MR) is 35.1 cm³/mol. The second-order valence-electron chi connectivity index (χ2n) is 2.56. The van der Waals surface area contributed by atoms with E-state index in [-0.39, 0.29) is 0 Å². The second kappa shape index (κ2) is 3.08. The Morgan fingerprint density at radius 1 is 1.60 bits per heavy atom. The maximum Gasteiger partial charge on any atom is 0.302 e. The van der Waals surface area contributed by atoms with Crippen molar-refractivity contribution in [2.24, 2.45) is 5.92 Å². The Morgan fingerprint density at radius 3 is 2.10 bits per heavy atom. The lowest BCUT2D eigenvalue weighted by Crippen LogP contribution is -2.29. The minimum atomic E-state index is -3.16. The highest BCUT2D eigenvalue weighted by Gasteiger charge is 2.34. The fraction of sp³-hybridized carbons (Fsp3) is 0.857. The average Bonchev–Trinajstić information content (AvgIpc) is 1.83. The zero-order valence-corrected chi connectivity index (χ0v) is 6.45. The maximum absolute atomic E-state index is 12.2. The molecule has 0 aromatic heterocycles.